The van der Waals surface area contributed by atoms with Crippen molar-refractivity contribution < 1.29 is 9.18 Å². The topological polar surface area (TPSA) is 29.1 Å². The highest BCUT2D eigenvalue weighted by molar-refractivity contribution is 6.04. The molecule has 2 aromatic carbocycles. The molecular weight excluding hydrogens is 229 g/mol. The fraction of sp³-hybridized carbons (Fsp3) is 0.133. The Morgan fingerprint density at radius 2 is 1.78 bits per heavy atom. The second-order valence-corrected chi connectivity index (χ2v) is 4.31. The van der Waals surface area contributed by atoms with Crippen LogP contribution in [0, 0.1) is 19.7 Å². The highest BCUT2D eigenvalue weighted by Crippen LogP contribution is 2.14. The third kappa shape index (κ3) is 2.74. The monoisotopic (exact) mass is 243 g/mol. The molecule has 0 atom stereocenters. The van der Waals surface area contributed by atoms with Crippen molar-refractivity contribution in [2.45, 2.75) is 13.8 Å². The van der Waals surface area contributed by atoms with Crippen LogP contribution in [0.3, 0.4) is 0 Å². The van der Waals surface area contributed by atoms with Gasteiger partial charge >= 0.3 is 0 Å². The van der Waals surface area contributed by atoms with E-state index >= 15 is 0 Å². The number of amides is 1. The van der Waals surface area contributed by atoms with Gasteiger partial charge in [-0.3, -0.25) is 4.79 Å². The lowest BCUT2D eigenvalue weighted by Crippen LogP contribution is -2.13. The number of aryl methyl sites for hydroxylation is 2. The van der Waals surface area contributed by atoms with Gasteiger partial charge in [-0.05, 0) is 49.2 Å². The summed E-state index contributed by atoms with van der Waals surface area (Å²) in [5.74, 6) is -0.932. The maximum atomic E-state index is 13.6. The normalized spacial score (nSPS) is 10.2. The number of halogens is 1. The van der Waals surface area contributed by atoms with E-state index < -0.39 is 11.7 Å². The van der Waals surface area contributed by atoms with Crippen LogP contribution in [-0.2, 0) is 0 Å². The summed E-state index contributed by atoms with van der Waals surface area (Å²) in [6.45, 7) is 3.72. The maximum absolute atomic E-state index is 13.6. The average Bonchev–Trinajstić information content (AvgIpc) is 2.28. The molecule has 0 saturated heterocycles. The molecule has 0 aliphatic carbocycles. The van der Waals surface area contributed by atoms with Gasteiger partial charge < -0.3 is 5.32 Å². The lowest BCUT2D eigenvalue weighted by atomic mass is 10.1. The van der Waals surface area contributed by atoms with Crippen molar-refractivity contribution in [3.05, 3.63) is 65.0 Å². The second-order valence-electron chi connectivity index (χ2n) is 4.31. The Balaban J connectivity index is 2.22. The van der Waals surface area contributed by atoms with Gasteiger partial charge in [-0.2, -0.15) is 0 Å². The lowest BCUT2D eigenvalue weighted by Gasteiger charge is -2.07. The molecule has 2 aromatic rings. The number of carbonyl (C=O) groups excluding carboxylic acids is 1. The minimum Gasteiger partial charge on any atom is -0.322 e. The summed E-state index contributed by atoms with van der Waals surface area (Å²) in [6, 6.07) is 12.0. The predicted octanol–water partition coefficient (Wildman–Crippen LogP) is 3.69. The Morgan fingerprint density at radius 3 is 2.44 bits per heavy atom. The SMILES string of the molecule is Cc1cccc(NC(=O)c2ccc(C)cc2F)c1. The first-order valence-electron chi connectivity index (χ1n) is 5.70. The van der Waals surface area contributed by atoms with Crippen molar-refractivity contribution in [3.8, 4) is 0 Å². The first-order valence-corrected chi connectivity index (χ1v) is 5.70. The number of carbonyl (C=O) groups is 1. The van der Waals surface area contributed by atoms with Crippen LogP contribution < -0.4 is 5.32 Å². The Morgan fingerprint density at radius 1 is 1.06 bits per heavy atom. The molecular formula is C15H14FNO. The minimum absolute atomic E-state index is 0.0575. The minimum atomic E-state index is -0.500. The van der Waals surface area contributed by atoms with Crippen molar-refractivity contribution >= 4 is 11.6 Å². The fourth-order valence-corrected chi connectivity index (χ4v) is 1.73. The second kappa shape index (κ2) is 5.00. The zero-order valence-electron chi connectivity index (χ0n) is 10.3. The van der Waals surface area contributed by atoms with Gasteiger partial charge in [0, 0.05) is 5.69 Å². The van der Waals surface area contributed by atoms with Crippen molar-refractivity contribution in [1.29, 1.82) is 0 Å². The molecule has 1 N–H and O–H groups in total. The van der Waals surface area contributed by atoms with Gasteiger partial charge in [0.2, 0.25) is 0 Å². The molecule has 1 amide bonds. The number of rotatable bonds is 2. The standard InChI is InChI=1S/C15H14FNO/c1-10-4-3-5-12(8-10)17-15(18)13-7-6-11(2)9-14(13)16/h3-9H,1-2H3,(H,17,18). The van der Waals surface area contributed by atoms with Crippen LogP contribution in [0.25, 0.3) is 0 Å². The molecule has 0 saturated carbocycles. The Hall–Kier alpha value is -2.16. The van der Waals surface area contributed by atoms with E-state index in [0.717, 1.165) is 11.1 Å². The molecule has 3 heteroatoms. The summed E-state index contributed by atoms with van der Waals surface area (Å²) in [4.78, 5) is 11.9. The highest BCUT2D eigenvalue weighted by atomic mass is 19.1. The van der Waals surface area contributed by atoms with E-state index in [2.05, 4.69) is 5.32 Å². The zero-order chi connectivity index (χ0) is 13.1. The molecule has 0 spiro atoms. The molecule has 2 nitrogen and oxygen atoms in total. The van der Waals surface area contributed by atoms with Crippen LogP contribution in [0.2, 0.25) is 0 Å². The number of hydrogen-bond acceptors (Lipinski definition) is 1. The number of benzene rings is 2. The van der Waals surface area contributed by atoms with Gasteiger partial charge in [-0.15, -0.1) is 0 Å². The fourth-order valence-electron chi connectivity index (χ4n) is 1.73. The van der Waals surface area contributed by atoms with Gasteiger partial charge in [0.25, 0.3) is 5.91 Å². The molecule has 0 radical (unpaired) electrons. The summed E-state index contributed by atoms with van der Waals surface area (Å²) in [6.07, 6.45) is 0. The zero-order valence-corrected chi connectivity index (χ0v) is 10.3. The molecule has 0 aliphatic heterocycles. The molecule has 0 fully saturated rings. The van der Waals surface area contributed by atoms with Gasteiger partial charge in [-0.25, -0.2) is 4.39 Å². The summed E-state index contributed by atoms with van der Waals surface area (Å²) >= 11 is 0. The summed E-state index contributed by atoms with van der Waals surface area (Å²) in [7, 11) is 0. The molecule has 0 aromatic heterocycles. The highest BCUT2D eigenvalue weighted by Gasteiger charge is 2.11. The van der Waals surface area contributed by atoms with Crippen LogP contribution in [-0.4, -0.2) is 5.91 Å². The van der Waals surface area contributed by atoms with Crippen LogP contribution in [0.5, 0.6) is 0 Å². The maximum Gasteiger partial charge on any atom is 0.258 e. The molecule has 0 aliphatic rings. The van der Waals surface area contributed by atoms with E-state index in [4.69, 9.17) is 0 Å². The van der Waals surface area contributed by atoms with Crippen LogP contribution in [0.1, 0.15) is 21.5 Å². The van der Waals surface area contributed by atoms with Crippen LogP contribution in [0.4, 0.5) is 10.1 Å². The predicted molar refractivity (Wildman–Crippen MR) is 70.3 cm³/mol. The van der Waals surface area contributed by atoms with E-state index in [1.165, 1.54) is 12.1 Å². The number of hydrogen-bond donors (Lipinski definition) is 1. The van der Waals surface area contributed by atoms with Gasteiger partial charge in [-0.1, -0.05) is 18.2 Å². The van der Waals surface area contributed by atoms with Crippen LogP contribution in [0.15, 0.2) is 42.5 Å². The molecule has 0 heterocycles. The van der Waals surface area contributed by atoms with E-state index in [1.54, 1.807) is 19.1 Å². The Kier molecular flexibility index (Phi) is 3.42. The lowest BCUT2D eigenvalue weighted by molar-refractivity contribution is 0.102. The van der Waals surface area contributed by atoms with Gasteiger partial charge in [0.1, 0.15) is 5.82 Å². The molecule has 2 rings (SSSR count). The first kappa shape index (κ1) is 12.3. The van der Waals surface area contributed by atoms with E-state index in [0.29, 0.717) is 5.69 Å². The van der Waals surface area contributed by atoms with Gasteiger partial charge in [0.05, 0.1) is 5.56 Å². The number of nitrogens with one attached hydrogen (secondary N) is 1. The van der Waals surface area contributed by atoms with E-state index in [1.807, 2.05) is 25.1 Å². The third-order valence-electron chi connectivity index (χ3n) is 2.65. The van der Waals surface area contributed by atoms with Crippen molar-refractivity contribution in [2.75, 3.05) is 5.32 Å². The smallest absolute Gasteiger partial charge is 0.258 e. The summed E-state index contributed by atoms with van der Waals surface area (Å²) in [5, 5.41) is 2.68. The Bertz CT molecular complexity index is 593. The largest absolute Gasteiger partial charge is 0.322 e. The molecule has 0 unspecified atom stereocenters. The Labute approximate surface area is 105 Å². The van der Waals surface area contributed by atoms with E-state index in [9.17, 15) is 9.18 Å². The van der Waals surface area contributed by atoms with E-state index in [-0.39, 0.29) is 5.56 Å². The summed E-state index contributed by atoms with van der Waals surface area (Å²) in [5.41, 5.74) is 2.55. The summed E-state index contributed by atoms with van der Waals surface area (Å²) < 4.78 is 13.6. The van der Waals surface area contributed by atoms with Gasteiger partial charge in [0.15, 0.2) is 0 Å². The van der Waals surface area contributed by atoms with Crippen molar-refractivity contribution in [3.63, 3.8) is 0 Å². The van der Waals surface area contributed by atoms with Crippen LogP contribution >= 0.6 is 0 Å². The third-order valence-corrected chi connectivity index (χ3v) is 2.65. The van der Waals surface area contributed by atoms with Crippen molar-refractivity contribution in [1.82, 2.24) is 0 Å². The molecule has 92 valence electrons. The van der Waals surface area contributed by atoms with Crippen molar-refractivity contribution in [2.24, 2.45) is 0 Å². The molecule has 18 heavy (non-hydrogen) atoms. The first-order chi connectivity index (χ1) is 8.56. The quantitative estimate of drug-likeness (QED) is 0.856. The average molecular weight is 243 g/mol. The number of anilines is 1. The molecule has 0 bridgehead atoms.